The molecule has 1 saturated heterocycles. The molecule has 4 rings (SSSR count). The summed E-state index contributed by atoms with van der Waals surface area (Å²) in [5.41, 5.74) is 4.33. The second-order valence-corrected chi connectivity index (χ2v) is 10.2. The van der Waals surface area contributed by atoms with E-state index in [1.54, 1.807) is 16.4 Å². The van der Waals surface area contributed by atoms with Gasteiger partial charge in [0.1, 0.15) is 5.65 Å². The molecule has 0 spiro atoms. The summed E-state index contributed by atoms with van der Waals surface area (Å²) in [6.07, 6.45) is 5.11. The van der Waals surface area contributed by atoms with Crippen LogP contribution in [0.5, 0.6) is 0 Å². The number of benzene rings is 1. The van der Waals surface area contributed by atoms with Crippen molar-refractivity contribution in [2.45, 2.75) is 44.6 Å². The lowest BCUT2D eigenvalue weighted by atomic mass is 9.99. The van der Waals surface area contributed by atoms with Crippen molar-refractivity contribution in [3.05, 3.63) is 65.6 Å². The van der Waals surface area contributed by atoms with E-state index in [9.17, 15) is 8.42 Å². The molecule has 0 bridgehead atoms. The summed E-state index contributed by atoms with van der Waals surface area (Å²) < 4.78 is 29.8. The SMILES string of the molecule is CC[C@H](C)c1ccc(S(=O)(=O)N2CCN(Cc3cn4cccc(C)c4n3)CC2)cc1. The van der Waals surface area contributed by atoms with Crippen molar-refractivity contribution in [1.29, 1.82) is 0 Å². The summed E-state index contributed by atoms with van der Waals surface area (Å²) >= 11 is 0. The van der Waals surface area contributed by atoms with Crippen LogP contribution in [0.25, 0.3) is 5.65 Å². The van der Waals surface area contributed by atoms with Crippen LogP contribution in [0.2, 0.25) is 0 Å². The molecule has 3 heterocycles. The highest BCUT2D eigenvalue weighted by molar-refractivity contribution is 7.89. The standard InChI is InChI=1S/C23H30N4O2S/c1-4-18(2)20-7-9-22(10-8-20)30(28,29)27-14-12-25(13-15-27)16-21-17-26-11-5-6-19(3)23(26)24-21/h5-11,17-18H,4,12-16H2,1-3H3/t18-/m0/s1. The fourth-order valence-corrected chi connectivity index (χ4v) is 5.41. The zero-order chi connectivity index (χ0) is 21.3. The normalized spacial score (nSPS) is 17.4. The molecule has 1 aliphatic heterocycles. The fourth-order valence-electron chi connectivity index (χ4n) is 3.99. The molecule has 0 amide bonds. The van der Waals surface area contributed by atoms with Gasteiger partial charge in [-0.2, -0.15) is 4.31 Å². The molecule has 2 aromatic heterocycles. The van der Waals surface area contributed by atoms with Gasteiger partial charge in [0.25, 0.3) is 0 Å². The topological polar surface area (TPSA) is 57.9 Å². The van der Waals surface area contributed by atoms with E-state index in [0.29, 0.717) is 37.0 Å². The molecular weight excluding hydrogens is 396 g/mol. The number of fused-ring (bicyclic) bond motifs is 1. The molecule has 6 nitrogen and oxygen atoms in total. The third kappa shape index (κ3) is 4.15. The van der Waals surface area contributed by atoms with Gasteiger partial charge in [-0.05, 0) is 48.6 Å². The second kappa shape index (κ2) is 8.49. The maximum absolute atomic E-state index is 13.0. The first-order chi connectivity index (χ1) is 14.4. The van der Waals surface area contributed by atoms with Crippen molar-refractivity contribution in [2.75, 3.05) is 26.2 Å². The molecule has 0 aliphatic carbocycles. The van der Waals surface area contributed by atoms with E-state index in [-0.39, 0.29) is 0 Å². The Balaban J connectivity index is 1.40. The quantitative estimate of drug-likeness (QED) is 0.604. The van der Waals surface area contributed by atoms with Crippen molar-refractivity contribution in [3.63, 3.8) is 0 Å². The highest BCUT2D eigenvalue weighted by Crippen LogP contribution is 2.23. The number of sulfonamides is 1. The van der Waals surface area contributed by atoms with Gasteiger partial charge in [0.05, 0.1) is 10.6 Å². The van der Waals surface area contributed by atoms with E-state index in [1.165, 1.54) is 5.56 Å². The molecule has 0 radical (unpaired) electrons. The molecule has 1 aliphatic rings. The number of imidazole rings is 1. The Morgan fingerprint density at radius 3 is 2.40 bits per heavy atom. The van der Waals surface area contributed by atoms with Gasteiger partial charge in [-0.1, -0.05) is 32.0 Å². The number of piperazine rings is 1. The molecule has 160 valence electrons. The number of hydrogen-bond donors (Lipinski definition) is 0. The van der Waals surface area contributed by atoms with Crippen LogP contribution >= 0.6 is 0 Å². The van der Waals surface area contributed by atoms with E-state index < -0.39 is 10.0 Å². The highest BCUT2D eigenvalue weighted by Gasteiger charge is 2.28. The van der Waals surface area contributed by atoms with E-state index in [0.717, 1.165) is 29.9 Å². The Labute approximate surface area is 179 Å². The number of nitrogens with zero attached hydrogens (tertiary/aromatic N) is 4. The molecular formula is C23H30N4O2S. The van der Waals surface area contributed by atoms with Crippen LogP contribution < -0.4 is 0 Å². The molecule has 7 heteroatoms. The summed E-state index contributed by atoms with van der Waals surface area (Å²) in [4.78, 5) is 7.40. The zero-order valence-electron chi connectivity index (χ0n) is 18.0. The van der Waals surface area contributed by atoms with E-state index in [4.69, 9.17) is 4.98 Å². The minimum atomic E-state index is -3.45. The first kappa shape index (κ1) is 21.0. The highest BCUT2D eigenvalue weighted by atomic mass is 32.2. The predicted octanol–water partition coefficient (Wildman–Crippen LogP) is 3.66. The average Bonchev–Trinajstić information content (AvgIpc) is 3.17. The van der Waals surface area contributed by atoms with Crippen LogP contribution in [0, 0.1) is 6.92 Å². The minimum Gasteiger partial charge on any atom is -0.307 e. The molecule has 30 heavy (non-hydrogen) atoms. The summed E-state index contributed by atoms with van der Waals surface area (Å²) in [7, 11) is -3.45. The lowest BCUT2D eigenvalue weighted by molar-refractivity contribution is 0.180. The van der Waals surface area contributed by atoms with Gasteiger partial charge in [-0.25, -0.2) is 13.4 Å². The minimum absolute atomic E-state index is 0.388. The van der Waals surface area contributed by atoms with E-state index >= 15 is 0 Å². The van der Waals surface area contributed by atoms with Crippen molar-refractivity contribution in [3.8, 4) is 0 Å². The largest absolute Gasteiger partial charge is 0.307 e. The molecule has 0 saturated carbocycles. The van der Waals surface area contributed by atoms with Gasteiger partial charge < -0.3 is 4.40 Å². The van der Waals surface area contributed by atoms with Crippen LogP contribution in [0.3, 0.4) is 0 Å². The van der Waals surface area contributed by atoms with Gasteiger partial charge in [-0.15, -0.1) is 0 Å². The zero-order valence-corrected chi connectivity index (χ0v) is 18.8. The predicted molar refractivity (Wildman–Crippen MR) is 119 cm³/mol. The van der Waals surface area contributed by atoms with Crippen molar-refractivity contribution in [2.24, 2.45) is 0 Å². The molecule has 1 aromatic carbocycles. The lowest BCUT2D eigenvalue weighted by Crippen LogP contribution is -2.48. The third-order valence-corrected chi connectivity index (χ3v) is 8.06. The molecule has 0 unspecified atom stereocenters. The van der Waals surface area contributed by atoms with Gasteiger partial charge in [-0.3, -0.25) is 4.90 Å². The van der Waals surface area contributed by atoms with Gasteiger partial charge >= 0.3 is 0 Å². The van der Waals surface area contributed by atoms with Crippen LogP contribution in [0.1, 0.15) is 43.0 Å². The Kier molecular flexibility index (Phi) is 5.95. The van der Waals surface area contributed by atoms with Crippen molar-refractivity contribution in [1.82, 2.24) is 18.6 Å². The van der Waals surface area contributed by atoms with Crippen LogP contribution in [-0.4, -0.2) is 53.2 Å². The maximum Gasteiger partial charge on any atom is 0.243 e. The van der Waals surface area contributed by atoms with Crippen LogP contribution in [0.4, 0.5) is 0 Å². The first-order valence-electron chi connectivity index (χ1n) is 10.6. The van der Waals surface area contributed by atoms with Gasteiger partial charge in [0.2, 0.25) is 10.0 Å². The Hall–Kier alpha value is -2.22. The third-order valence-electron chi connectivity index (χ3n) is 6.14. The van der Waals surface area contributed by atoms with Crippen molar-refractivity contribution >= 4 is 15.7 Å². The second-order valence-electron chi connectivity index (χ2n) is 8.21. The molecule has 3 aromatic rings. The number of aryl methyl sites for hydroxylation is 1. The summed E-state index contributed by atoms with van der Waals surface area (Å²) in [6, 6.07) is 11.5. The lowest BCUT2D eigenvalue weighted by Gasteiger charge is -2.33. The number of pyridine rings is 1. The van der Waals surface area contributed by atoms with Gasteiger partial charge in [0.15, 0.2) is 0 Å². The number of aromatic nitrogens is 2. The average molecular weight is 427 g/mol. The Morgan fingerprint density at radius 1 is 1.07 bits per heavy atom. The molecule has 1 fully saturated rings. The van der Waals surface area contributed by atoms with Crippen LogP contribution in [0.15, 0.2) is 53.7 Å². The van der Waals surface area contributed by atoms with Gasteiger partial charge in [0, 0.05) is 45.1 Å². The number of rotatable bonds is 6. The summed E-state index contributed by atoms with van der Waals surface area (Å²) in [5, 5.41) is 0. The van der Waals surface area contributed by atoms with E-state index in [1.807, 2.05) is 24.4 Å². The molecule has 0 N–H and O–H groups in total. The van der Waals surface area contributed by atoms with Crippen molar-refractivity contribution < 1.29 is 8.42 Å². The monoisotopic (exact) mass is 426 g/mol. The Morgan fingerprint density at radius 2 is 1.77 bits per heavy atom. The summed E-state index contributed by atoms with van der Waals surface area (Å²) in [5.74, 6) is 0.439. The fraction of sp³-hybridized carbons (Fsp3) is 0.435. The van der Waals surface area contributed by atoms with E-state index in [2.05, 4.69) is 42.3 Å². The first-order valence-corrected chi connectivity index (χ1v) is 12.1. The molecule has 1 atom stereocenters. The smallest absolute Gasteiger partial charge is 0.243 e. The number of hydrogen-bond acceptors (Lipinski definition) is 4. The van der Waals surface area contributed by atoms with Crippen LogP contribution in [-0.2, 0) is 16.6 Å². The Bertz CT molecular complexity index is 1110. The maximum atomic E-state index is 13.0. The summed E-state index contributed by atoms with van der Waals surface area (Å²) in [6.45, 7) is 9.51.